The van der Waals surface area contributed by atoms with Crippen LogP contribution in [0.3, 0.4) is 0 Å². The average molecular weight is 471 g/mol. The highest BCUT2D eigenvalue weighted by Crippen LogP contribution is 2.29. The number of benzene rings is 3. The van der Waals surface area contributed by atoms with E-state index in [0.717, 1.165) is 28.5 Å². The van der Waals surface area contributed by atoms with Crippen LogP contribution in [0.15, 0.2) is 70.3 Å². The molecule has 1 aliphatic carbocycles. The molecule has 1 saturated carbocycles. The smallest absolute Gasteiger partial charge is 0.197 e. The Bertz CT molecular complexity index is 1610. The van der Waals surface area contributed by atoms with Crippen molar-refractivity contribution < 1.29 is 0 Å². The van der Waals surface area contributed by atoms with Gasteiger partial charge >= 0.3 is 0 Å². The second-order valence-electron chi connectivity index (χ2n) is 9.28. The van der Waals surface area contributed by atoms with Gasteiger partial charge in [0.05, 0.1) is 16.6 Å². The number of nitrogens with zero attached hydrogens (tertiary/aromatic N) is 1. The molecular weight excluding hydrogens is 440 g/mol. The number of hydrogen-bond acceptors (Lipinski definition) is 3. The van der Waals surface area contributed by atoms with Crippen LogP contribution in [0.5, 0.6) is 0 Å². The van der Waals surface area contributed by atoms with Gasteiger partial charge in [0.1, 0.15) is 0 Å². The van der Waals surface area contributed by atoms with Gasteiger partial charge in [0, 0.05) is 33.6 Å². The summed E-state index contributed by atoms with van der Waals surface area (Å²) in [4.78, 5) is 30.1. The fourth-order valence-electron chi connectivity index (χ4n) is 5.37. The van der Waals surface area contributed by atoms with Crippen LogP contribution in [0.2, 0.25) is 0 Å². The Morgan fingerprint density at radius 3 is 2.18 bits per heavy atom. The second-order valence-corrected chi connectivity index (χ2v) is 10.1. The van der Waals surface area contributed by atoms with Crippen LogP contribution in [0.4, 0.5) is 0 Å². The predicted molar refractivity (Wildman–Crippen MR) is 147 cm³/mol. The molecule has 5 heteroatoms. The molecule has 1 aliphatic rings. The summed E-state index contributed by atoms with van der Waals surface area (Å²) in [6, 6.07) is 19.2. The van der Waals surface area contributed by atoms with Crippen molar-refractivity contribution in [2.75, 3.05) is 12.5 Å². The molecule has 0 saturated heterocycles. The Labute approximate surface area is 203 Å². The zero-order chi connectivity index (χ0) is 23.7. The highest BCUT2D eigenvalue weighted by molar-refractivity contribution is 7.97. The van der Waals surface area contributed by atoms with Crippen molar-refractivity contribution in [3.8, 4) is 0 Å². The van der Waals surface area contributed by atoms with Gasteiger partial charge in [0.2, 0.25) is 0 Å². The van der Waals surface area contributed by atoms with E-state index in [-0.39, 0.29) is 10.9 Å². The van der Waals surface area contributed by atoms with E-state index in [9.17, 15) is 9.59 Å². The molecule has 0 bridgehead atoms. The number of hydrogen-bond donors (Lipinski definition) is 1. The first-order chi connectivity index (χ1) is 16.6. The normalized spacial score (nSPS) is 14.5. The Balaban J connectivity index is 0.000000764. The fourth-order valence-corrected chi connectivity index (χ4v) is 5.37. The Morgan fingerprint density at radius 2 is 1.41 bits per heavy atom. The number of nitrogens with one attached hydrogen (secondary N) is 1. The third kappa shape index (κ3) is 4.03. The zero-order valence-corrected chi connectivity index (χ0v) is 20.6. The molecule has 2 aromatic heterocycles. The van der Waals surface area contributed by atoms with Crippen LogP contribution in [0.1, 0.15) is 32.1 Å². The van der Waals surface area contributed by atoms with Gasteiger partial charge in [0.25, 0.3) is 0 Å². The second kappa shape index (κ2) is 9.67. The number of thioether (sulfide) groups is 1. The summed E-state index contributed by atoms with van der Waals surface area (Å²) < 4.78 is 2.29. The standard InChI is InChI=1S/C27H24N2O2.C2H6S/c30-26-18-10-4-6-12-22(18)28-23-14-21-25(15-20(23)26)29(16-17-8-2-1-3-9-17)24-13-7-5-11-19(24)27(21)31;1-3-2/h4-7,10-15,17H,1-3,8-9,16H2,(H,28,30);1-2H3. The van der Waals surface area contributed by atoms with Gasteiger partial charge in [-0.3, -0.25) is 9.59 Å². The van der Waals surface area contributed by atoms with Crippen molar-refractivity contribution in [1.29, 1.82) is 0 Å². The summed E-state index contributed by atoms with van der Waals surface area (Å²) in [7, 11) is 0. The molecular formula is C29H30N2O2S. The molecule has 3 aromatic carbocycles. The lowest BCUT2D eigenvalue weighted by molar-refractivity contribution is 0.325. The van der Waals surface area contributed by atoms with Gasteiger partial charge in [-0.2, -0.15) is 11.8 Å². The van der Waals surface area contributed by atoms with Crippen LogP contribution >= 0.6 is 11.8 Å². The average Bonchev–Trinajstić information content (AvgIpc) is 2.87. The molecule has 2 heterocycles. The van der Waals surface area contributed by atoms with Gasteiger partial charge in [-0.15, -0.1) is 0 Å². The van der Waals surface area contributed by atoms with Gasteiger partial charge in [-0.05, 0) is 67.7 Å². The first-order valence-corrected chi connectivity index (χ1v) is 13.7. The number of fused-ring (bicyclic) bond motifs is 4. The summed E-state index contributed by atoms with van der Waals surface area (Å²) in [6.45, 7) is 0.883. The van der Waals surface area contributed by atoms with E-state index in [1.54, 1.807) is 11.8 Å². The number of rotatable bonds is 2. The molecule has 1 fully saturated rings. The van der Waals surface area contributed by atoms with Crippen molar-refractivity contribution in [1.82, 2.24) is 9.55 Å². The first-order valence-electron chi connectivity index (χ1n) is 12.0. The predicted octanol–water partition coefficient (Wildman–Crippen LogP) is 6.71. The SMILES string of the molecule is CSC.O=c1c2ccccc2[nH]c2cc3c(=O)c4ccccc4n(CC4CCCCC4)c3cc12. The maximum atomic E-state index is 13.4. The van der Waals surface area contributed by atoms with Gasteiger partial charge < -0.3 is 9.55 Å². The monoisotopic (exact) mass is 470 g/mol. The Hall–Kier alpha value is -3.05. The summed E-state index contributed by atoms with van der Waals surface area (Å²) in [5.41, 5.74) is 3.37. The Kier molecular flexibility index (Phi) is 6.46. The molecule has 0 radical (unpaired) electrons. The summed E-state index contributed by atoms with van der Waals surface area (Å²) in [5, 5.41) is 2.73. The topological polar surface area (TPSA) is 54.9 Å². The van der Waals surface area contributed by atoms with E-state index in [1.807, 2.05) is 73.2 Å². The number of pyridine rings is 2. The molecule has 34 heavy (non-hydrogen) atoms. The molecule has 6 rings (SSSR count). The molecule has 0 aliphatic heterocycles. The minimum absolute atomic E-state index is 0.0103. The van der Waals surface area contributed by atoms with Crippen LogP contribution in [0, 0.1) is 5.92 Å². The number of para-hydroxylation sites is 2. The third-order valence-corrected chi connectivity index (χ3v) is 6.96. The van der Waals surface area contributed by atoms with Gasteiger partial charge in [-0.25, -0.2) is 0 Å². The lowest BCUT2D eigenvalue weighted by Crippen LogP contribution is -2.18. The molecule has 174 valence electrons. The van der Waals surface area contributed by atoms with Crippen molar-refractivity contribution >= 4 is 55.4 Å². The fraction of sp³-hybridized carbons (Fsp3) is 0.310. The maximum absolute atomic E-state index is 13.4. The Morgan fingerprint density at radius 1 is 0.765 bits per heavy atom. The van der Waals surface area contributed by atoms with Crippen molar-refractivity contribution in [2.45, 2.75) is 38.6 Å². The van der Waals surface area contributed by atoms with Crippen molar-refractivity contribution in [2.24, 2.45) is 5.92 Å². The molecule has 0 unspecified atom stereocenters. The number of aromatic nitrogens is 2. The maximum Gasteiger partial charge on any atom is 0.197 e. The minimum atomic E-state index is 0.0103. The summed E-state index contributed by atoms with van der Waals surface area (Å²) in [6.07, 6.45) is 10.4. The van der Waals surface area contributed by atoms with Gasteiger partial charge in [0.15, 0.2) is 10.9 Å². The van der Waals surface area contributed by atoms with E-state index in [4.69, 9.17) is 0 Å². The highest BCUT2D eigenvalue weighted by Gasteiger charge is 2.19. The van der Waals surface area contributed by atoms with Gasteiger partial charge in [-0.1, -0.05) is 43.5 Å². The van der Waals surface area contributed by atoms with E-state index < -0.39 is 0 Å². The lowest BCUT2D eigenvalue weighted by Gasteiger charge is -2.25. The van der Waals surface area contributed by atoms with E-state index in [1.165, 1.54) is 32.1 Å². The molecule has 1 N–H and O–H groups in total. The first kappa shape index (κ1) is 22.7. The summed E-state index contributed by atoms with van der Waals surface area (Å²) in [5.74, 6) is 0.605. The van der Waals surface area contributed by atoms with Crippen LogP contribution in [-0.2, 0) is 6.54 Å². The number of aromatic amines is 1. The third-order valence-electron chi connectivity index (χ3n) is 6.96. The van der Waals surface area contributed by atoms with Crippen molar-refractivity contribution in [3.63, 3.8) is 0 Å². The van der Waals surface area contributed by atoms with Crippen LogP contribution < -0.4 is 10.9 Å². The zero-order valence-electron chi connectivity index (χ0n) is 19.8. The highest BCUT2D eigenvalue weighted by atomic mass is 32.2. The molecule has 0 spiro atoms. The van der Waals surface area contributed by atoms with E-state index in [2.05, 4.69) is 9.55 Å². The lowest BCUT2D eigenvalue weighted by atomic mass is 9.89. The summed E-state index contributed by atoms with van der Waals surface area (Å²) >= 11 is 1.75. The number of H-pyrrole nitrogens is 1. The minimum Gasteiger partial charge on any atom is -0.354 e. The molecule has 5 aromatic rings. The van der Waals surface area contributed by atoms with E-state index in [0.29, 0.717) is 27.6 Å². The van der Waals surface area contributed by atoms with E-state index >= 15 is 0 Å². The van der Waals surface area contributed by atoms with Crippen LogP contribution in [0.25, 0.3) is 43.6 Å². The largest absolute Gasteiger partial charge is 0.354 e. The van der Waals surface area contributed by atoms with Crippen LogP contribution in [-0.4, -0.2) is 22.1 Å². The molecule has 0 amide bonds. The van der Waals surface area contributed by atoms with Crippen molar-refractivity contribution in [3.05, 3.63) is 81.1 Å². The molecule has 4 nitrogen and oxygen atoms in total. The molecule has 0 atom stereocenters. The quantitative estimate of drug-likeness (QED) is 0.292.